The zero-order chi connectivity index (χ0) is 17.9. The highest BCUT2D eigenvalue weighted by atomic mass is 16.2. The number of amides is 2. The molecule has 1 aliphatic rings. The van der Waals surface area contributed by atoms with Gasteiger partial charge in [-0.1, -0.05) is 38.1 Å². The second-order valence-corrected chi connectivity index (χ2v) is 6.82. The summed E-state index contributed by atoms with van der Waals surface area (Å²) in [5.74, 6) is -0.133. The van der Waals surface area contributed by atoms with Gasteiger partial charge < -0.3 is 10.6 Å². The average Bonchev–Trinajstić information content (AvgIpc) is 3.43. The number of hydrogen-bond donors (Lipinski definition) is 2. The van der Waals surface area contributed by atoms with Crippen LogP contribution < -0.4 is 10.6 Å². The topological polar surface area (TPSA) is 71.1 Å². The summed E-state index contributed by atoms with van der Waals surface area (Å²) in [5, 5.41) is 5.83. The van der Waals surface area contributed by atoms with Gasteiger partial charge in [-0.2, -0.15) is 0 Å². The van der Waals surface area contributed by atoms with Gasteiger partial charge in [-0.25, -0.2) is 0 Å². The van der Waals surface area contributed by atoms with Crippen LogP contribution in [0.1, 0.15) is 43.7 Å². The zero-order valence-corrected chi connectivity index (χ0v) is 14.6. The number of nitrogens with zero attached hydrogens (tertiary/aromatic N) is 1. The Morgan fingerprint density at radius 1 is 1.12 bits per heavy atom. The maximum absolute atomic E-state index is 12.7. The zero-order valence-electron chi connectivity index (χ0n) is 14.6. The van der Waals surface area contributed by atoms with Crippen LogP contribution >= 0.6 is 0 Å². The highest BCUT2D eigenvalue weighted by Crippen LogP contribution is 2.47. The molecule has 2 amide bonds. The third kappa shape index (κ3) is 3.71. The third-order valence-electron chi connectivity index (χ3n) is 4.63. The monoisotopic (exact) mass is 337 g/mol. The minimum atomic E-state index is -0.938. The van der Waals surface area contributed by atoms with Crippen molar-refractivity contribution in [3.05, 3.63) is 59.9 Å². The summed E-state index contributed by atoms with van der Waals surface area (Å²) in [6.07, 6.45) is 4.56. The van der Waals surface area contributed by atoms with Gasteiger partial charge in [0.15, 0.2) is 0 Å². The summed E-state index contributed by atoms with van der Waals surface area (Å²) >= 11 is 0. The van der Waals surface area contributed by atoms with Crippen LogP contribution in [0.5, 0.6) is 0 Å². The van der Waals surface area contributed by atoms with Crippen molar-refractivity contribution in [3.63, 3.8) is 0 Å². The molecule has 0 unspecified atom stereocenters. The smallest absolute Gasteiger partial charge is 0.240 e. The van der Waals surface area contributed by atoms with Gasteiger partial charge in [0.25, 0.3) is 0 Å². The molecule has 1 aromatic carbocycles. The van der Waals surface area contributed by atoms with Crippen molar-refractivity contribution in [2.45, 2.75) is 39.2 Å². The number of carbonyl (C=O) groups is 2. The van der Waals surface area contributed by atoms with E-state index in [1.54, 1.807) is 12.4 Å². The molecule has 1 saturated carbocycles. The fourth-order valence-corrected chi connectivity index (χ4v) is 2.89. The number of pyridine rings is 1. The minimum Gasteiger partial charge on any atom is -0.351 e. The summed E-state index contributed by atoms with van der Waals surface area (Å²) in [7, 11) is 0. The first-order valence-electron chi connectivity index (χ1n) is 8.60. The summed E-state index contributed by atoms with van der Waals surface area (Å²) < 4.78 is 0. The predicted molar refractivity (Wildman–Crippen MR) is 96.9 cm³/mol. The Kier molecular flexibility index (Phi) is 4.83. The van der Waals surface area contributed by atoms with Crippen LogP contribution in [0, 0.1) is 5.41 Å². The van der Waals surface area contributed by atoms with Crippen LogP contribution in [0.3, 0.4) is 0 Å². The average molecular weight is 337 g/mol. The summed E-state index contributed by atoms with van der Waals surface area (Å²) in [4.78, 5) is 29.3. The van der Waals surface area contributed by atoms with Crippen molar-refractivity contribution in [2.75, 3.05) is 5.32 Å². The SMILES string of the molecule is CC(C)c1ccccc1NC(=O)C1(C(=O)NCc2cccnc2)CC1. The van der Waals surface area contributed by atoms with Gasteiger partial charge >= 0.3 is 0 Å². The standard InChI is InChI=1S/C20H23N3O2/c1-14(2)16-7-3-4-8-17(16)23-19(25)20(9-10-20)18(24)22-13-15-6-5-11-21-12-15/h3-8,11-12,14H,9-10,13H2,1-2H3,(H,22,24)(H,23,25). The number of rotatable bonds is 6. The minimum absolute atomic E-state index is 0.212. The first-order valence-corrected chi connectivity index (χ1v) is 8.60. The Hall–Kier alpha value is -2.69. The molecule has 1 heterocycles. The van der Waals surface area contributed by atoms with Gasteiger partial charge in [0.1, 0.15) is 5.41 Å². The maximum Gasteiger partial charge on any atom is 0.240 e. The summed E-state index contributed by atoms with van der Waals surface area (Å²) in [5.41, 5.74) is 1.83. The van der Waals surface area contributed by atoms with Crippen molar-refractivity contribution in [2.24, 2.45) is 5.41 Å². The molecule has 0 bridgehead atoms. The van der Waals surface area contributed by atoms with Crippen molar-refractivity contribution in [3.8, 4) is 0 Å². The Morgan fingerprint density at radius 3 is 2.52 bits per heavy atom. The van der Waals surface area contributed by atoms with Crippen LogP contribution in [0.2, 0.25) is 0 Å². The van der Waals surface area contributed by atoms with E-state index in [9.17, 15) is 9.59 Å². The molecule has 2 N–H and O–H groups in total. The first-order chi connectivity index (χ1) is 12.0. The summed E-state index contributed by atoms with van der Waals surface area (Å²) in [6.45, 7) is 4.54. The molecule has 2 aromatic rings. The van der Waals surface area contributed by atoms with Crippen molar-refractivity contribution in [1.29, 1.82) is 0 Å². The van der Waals surface area contributed by atoms with Crippen molar-refractivity contribution in [1.82, 2.24) is 10.3 Å². The second kappa shape index (κ2) is 7.05. The van der Waals surface area contributed by atoms with Gasteiger partial charge in [-0.05, 0) is 42.0 Å². The predicted octanol–water partition coefficient (Wildman–Crippen LogP) is 3.24. The number of benzene rings is 1. The molecule has 0 radical (unpaired) electrons. The van der Waals surface area contributed by atoms with Crippen molar-refractivity contribution >= 4 is 17.5 Å². The molecule has 3 rings (SSSR count). The second-order valence-electron chi connectivity index (χ2n) is 6.82. The van der Waals surface area contributed by atoms with Crippen LogP contribution in [-0.2, 0) is 16.1 Å². The number of aromatic nitrogens is 1. The quantitative estimate of drug-likeness (QED) is 0.795. The number of hydrogen-bond acceptors (Lipinski definition) is 3. The molecular formula is C20H23N3O2. The lowest BCUT2D eigenvalue weighted by molar-refractivity contribution is -0.134. The summed E-state index contributed by atoms with van der Waals surface area (Å²) in [6, 6.07) is 11.5. The molecule has 5 nitrogen and oxygen atoms in total. The van der Waals surface area contributed by atoms with Crippen LogP contribution in [0.15, 0.2) is 48.8 Å². The Labute approximate surface area is 147 Å². The van der Waals surface area contributed by atoms with Crippen LogP contribution in [0.4, 0.5) is 5.69 Å². The van der Waals surface area contributed by atoms with E-state index in [-0.39, 0.29) is 11.8 Å². The molecule has 0 atom stereocenters. The Bertz CT molecular complexity index is 768. The van der Waals surface area contributed by atoms with Gasteiger partial charge in [0, 0.05) is 24.6 Å². The first kappa shape index (κ1) is 17.1. The molecule has 1 aromatic heterocycles. The van der Waals surface area contributed by atoms with Gasteiger partial charge in [-0.3, -0.25) is 14.6 Å². The molecule has 25 heavy (non-hydrogen) atoms. The van der Waals surface area contributed by atoms with Crippen LogP contribution in [-0.4, -0.2) is 16.8 Å². The number of anilines is 1. The van der Waals surface area contributed by atoms with E-state index < -0.39 is 5.41 Å². The van der Waals surface area contributed by atoms with E-state index in [0.29, 0.717) is 25.3 Å². The fraction of sp³-hybridized carbons (Fsp3) is 0.350. The van der Waals surface area contributed by atoms with E-state index in [4.69, 9.17) is 0 Å². The molecule has 0 saturated heterocycles. The molecule has 1 fully saturated rings. The lowest BCUT2D eigenvalue weighted by Crippen LogP contribution is -2.39. The van der Waals surface area contributed by atoms with E-state index in [2.05, 4.69) is 29.5 Å². The lowest BCUT2D eigenvalue weighted by atomic mass is 9.99. The highest BCUT2D eigenvalue weighted by molar-refractivity contribution is 6.13. The lowest BCUT2D eigenvalue weighted by Gasteiger charge is -2.18. The van der Waals surface area contributed by atoms with E-state index in [0.717, 1.165) is 16.8 Å². The van der Waals surface area contributed by atoms with Gasteiger partial charge in [0.2, 0.25) is 11.8 Å². The van der Waals surface area contributed by atoms with Gasteiger partial charge in [-0.15, -0.1) is 0 Å². The number of carbonyl (C=O) groups excluding carboxylic acids is 2. The number of para-hydroxylation sites is 1. The fourth-order valence-electron chi connectivity index (χ4n) is 2.89. The Balaban J connectivity index is 1.66. The van der Waals surface area contributed by atoms with E-state index in [1.807, 2.05) is 36.4 Å². The molecule has 1 aliphatic carbocycles. The van der Waals surface area contributed by atoms with Crippen molar-refractivity contribution < 1.29 is 9.59 Å². The third-order valence-corrected chi connectivity index (χ3v) is 4.63. The highest BCUT2D eigenvalue weighted by Gasteiger charge is 2.56. The molecule has 130 valence electrons. The normalized spacial score (nSPS) is 14.8. The number of nitrogens with one attached hydrogen (secondary N) is 2. The Morgan fingerprint density at radius 2 is 1.88 bits per heavy atom. The van der Waals surface area contributed by atoms with E-state index >= 15 is 0 Å². The van der Waals surface area contributed by atoms with Crippen LogP contribution in [0.25, 0.3) is 0 Å². The molecule has 0 spiro atoms. The molecule has 5 heteroatoms. The molecular weight excluding hydrogens is 314 g/mol. The van der Waals surface area contributed by atoms with Gasteiger partial charge in [0.05, 0.1) is 0 Å². The maximum atomic E-state index is 12.7. The largest absolute Gasteiger partial charge is 0.351 e. The van der Waals surface area contributed by atoms with E-state index in [1.165, 1.54) is 0 Å². The molecule has 0 aliphatic heterocycles.